The normalized spacial score (nSPS) is 13.3. The lowest BCUT2D eigenvalue weighted by atomic mass is 10.0. The quantitative estimate of drug-likeness (QED) is 0.0278. The Hall–Kier alpha value is -0.990. The Bertz CT molecular complexity index is 1010. The number of phosphoric ester groups is 1. The van der Waals surface area contributed by atoms with Crippen LogP contribution >= 0.6 is 7.82 Å². The number of hydrogen-bond acceptors (Lipinski definition) is 7. The third kappa shape index (κ3) is 48.3. The van der Waals surface area contributed by atoms with Crippen molar-refractivity contribution < 1.29 is 42.1 Å². The van der Waals surface area contributed by atoms with Crippen molar-refractivity contribution in [2.45, 2.75) is 270 Å². The lowest BCUT2D eigenvalue weighted by Crippen LogP contribution is -2.37. The number of unbranched alkanes of at least 4 members (excludes halogenated alkanes) is 35. The maximum absolute atomic E-state index is 12.8. The molecule has 364 valence electrons. The summed E-state index contributed by atoms with van der Waals surface area (Å²) in [6, 6.07) is 0. The first-order valence-electron chi connectivity index (χ1n) is 26.3. The van der Waals surface area contributed by atoms with Gasteiger partial charge in [-0.15, -0.1) is 0 Å². The number of rotatable bonds is 49. The fraction of sp³-hybridized carbons (Fsp3) is 0.961. The van der Waals surface area contributed by atoms with Crippen molar-refractivity contribution in [2.24, 2.45) is 0 Å². The second kappa shape index (κ2) is 44.2. The van der Waals surface area contributed by atoms with Gasteiger partial charge in [-0.05, 0) is 12.8 Å². The molecule has 0 saturated carbocycles. The lowest BCUT2D eigenvalue weighted by Gasteiger charge is -2.24. The molecule has 0 rings (SSSR count). The van der Waals surface area contributed by atoms with Crippen LogP contribution in [0, 0.1) is 0 Å². The molecule has 0 saturated heterocycles. The van der Waals surface area contributed by atoms with Crippen molar-refractivity contribution in [3.8, 4) is 0 Å². The number of likely N-dealkylation sites (N-methyl/N-ethyl adjacent to an activating group) is 1. The van der Waals surface area contributed by atoms with Crippen LogP contribution in [0.5, 0.6) is 0 Å². The van der Waals surface area contributed by atoms with Gasteiger partial charge in [0.25, 0.3) is 0 Å². The first-order chi connectivity index (χ1) is 29.5. The molecule has 2 atom stereocenters. The average molecular weight is 889 g/mol. The van der Waals surface area contributed by atoms with E-state index in [1.807, 2.05) is 21.1 Å². The Morgan fingerprint density at radius 3 is 1.05 bits per heavy atom. The molecule has 0 aliphatic heterocycles. The molecule has 0 aromatic rings. The summed E-state index contributed by atoms with van der Waals surface area (Å²) < 4.78 is 34.5. The van der Waals surface area contributed by atoms with Crippen molar-refractivity contribution in [1.29, 1.82) is 0 Å². The highest BCUT2D eigenvalue weighted by Crippen LogP contribution is 2.43. The van der Waals surface area contributed by atoms with Gasteiger partial charge in [0.2, 0.25) is 0 Å². The number of esters is 2. The van der Waals surface area contributed by atoms with Crippen molar-refractivity contribution >= 4 is 19.8 Å². The Kier molecular flexibility index (Phi) is 43.5. The molecule has 2 unspecified atom stereocenters. The zero-order valence-electron chi connectivity index (χ0n) is 41.2. The summed E-state index contributed by atoms with van der Waals surface area (Å²) in [7, 11) is 1.50. The maximum atomic E-state index is 12.8. The van der Waals surface area contributed by atoms with Gasteiger partial charge in [0.1, 0.15) is 19.8 Å². The summed E-state index contributed by atoms with van der Waals surface area (Å²) in [5.74, 6) is -0.776. The molecule has 1 N–H and O–H groups in total. The highest BCUT2D eigenvalue weighted by atomic mass is 31.2. The number of hydrogen-bond donors (Lipinski definition) is 1. The summed E-state index contributed by atoms with van der Waals surface area (Å²) >= 11 is 0. The molecule has 0 spiro atoms. The van der Waals surface area contributed by atoms with E-state index in [-0.39, 0.29) is 25.6 Å². The molecule has 0 aliphatic carbocycles. The van der Waals surface area contributed by atoms with Crippen LogP contribution in [0.15, 0.2) is 0 Å². The van der Waals surface area contributed by atoms with Gasteiger partial charge in [-0.25, -0.2) is 4.57 Å². The monoisotopic (exact) mass is 889 g/mol. The Morgan fingerprint density at radius 1 is 0.443 bits per heavy atom. The predicted molar refractivity (Wildman–Crippen MR) is 257 cm³/mol. The number of nitrogens with zero attached hydrogens (tertiary/aromatic N) is 1. The molecule has 61 heavy (non-hydrogen) atoms. The summed E-state index contributed by atoms with van der Waals surface area (Å²) in [4.78, 5) is 35.6. The van der Waals surface area contributed by atoms with Crippen LogP contribution in [0.1, 0.15) is 264 Å². The fourth-order valence-corrected chi connectivity index (χ4v) is 8.52. The number of ether oxygens (including phenoxy) is 2. The molecule has 0 bridgehead atoms. The lowest BCUT2D eigenvalue weighted by molar-refractivity contribution is -0.870. The van der Waals surface area contributed by atoms with Crippen molar-refractivity contribution in [3.05, 3.63) is 0 Å². The van der Waals surface area contributed by atoms with Crippen molar-refractivity contribution in [3.63, 3.8) is 0 Å². The van der Waals surface area contributed by atoms with Crippen LogP contribution in [0.25, 0.3) is 0 Å². The van der Waals surface area contributed by atoms with Crippen molar-refractivity contribution in [2.75, 3.05) is 47.5 Å². The standard InChI is InChI=1S/C51H102NO8P/c1-6-8-10-12-14-16-18-20-22-24-26-28-29-31-33-35-37-39-41-43-50(53)57-47-49(48-59-61(55,56)58-46-45-52(3,4)5)60-51(54)44-42-40-38-36-34-32-30-27-25-23-21-19-17-15-13-11-9-7-2/h49H,6-48H2,1-5H3/p+1. The van der Waals surface area contributed by atoms with E-state index in [1.54, 1.807) is 0 Å². The minimum atomic E-state index is -4.37. The number of carbonyl (C=O) groups excluding carboxylic acids is 2. The van der Waals surface area contributed by atoms with E-state index in [0.29, 0.717) is 17.4 Å². The zero-order chi connectivity index (χ0) is 45.0. The smallest absolute Gasteiger partial charge is 0.462 e. The first-order valence-corrected chi connectivity index (χ1v) is 27.8. The average Bonchev–Trinajstić information content (AvgIpc) is 3.21. The van der Waals surface area contributed by atoms with Crippen LogP contribution in [0.2, 0.25) is 0 Å². The molecule has 0 fully saturated rings. The minimum Gasteiger partial charge on any atom is -0.462 e. The molecule has 10 heteroatoms. The van der Waals surface area contributed by atoms with Gasteiger partial charge in [0, 0.05) is 12.8 Å². The molecular weight excluding hydrogens is 786 g/mol. The van der Waals surface area contributed by atoms with E-state index in [9.17, 15) is 19.0 Å². The molecule has 0 radical (unpaired) electrons. The van der Waals surface area contributed by atoms with E-state index in [2.05, 4.69) is 13.8 Å². The van der Waals surface area contributed by atoms with Gasteiger partial charge in [0.15, 0.2) is 6.10 Å². The zero-order valence-corrected chi connectivity index (χ0v) is 42.1. The second-order valence-electron chi connectivity index (χ2n) is 19.3. The minimum absolute atomic E-state index is 0.0372. The van der Waals surface area contributed by atoms with Gasteiger partial charge in [0.05, 0.1) is 27.7 Å². The largest absolute Gasteiger partial charge is 0.472 e. The molecular formula is C51H103NO8P+. The summed E-state index contributed by atoms with van der Waals surface area (Å²) in [6.45, 7) is 4.49. The van der Waals surface area contributed by atoms with E-state index in [1.165, 1.54) is 199 Å². The third-order valence-electron chi connectivity index (χ3n) is 11.9. The summed E-state index contributed by atoms with van der Waals surface area (Å²) in [5.41, 5.74) is 0. The Balaban J connectivity index is 4.18. The fourth-order valence-electron chi connectivity index (χ4n) is 7.78. The predicted octanol–water partition coefficient (Wildman–Crippen LogP) is 15.5. The van der Waals surface area contributed by atoms with E-state index >= 15 is 0 Å². The highest BCUT2D eigenvalue weighted by Gasteiger charge is 2.27. The number of carbonyl (C=O) groups is 2. The Morgan fingerprint density at radius 2 is 0.738 bits per heavy atom. The van der Waals surface area contributed by atoms with Gasteiger partial charge >= 0.3 is 19.8 Å². The van der Waals surface area contributed by atoms with Crippen LogP contribution < -0.4 is 0 Å². The summed E-state index contributed by atoms with van der Waals surface area (Å²) in [6.07, 6.45) is 47.2. The van der Waals surface area contributed by atoms with Crippen LogP contribution in [0.3, 0.4) is 0 Å². The molecule has 0 heterocycles. The highest BCUT2D eigenvalue weighted by molar-refractivity contribution is 7.47. The number of quaternary nitrogens is 1. The molecule has 0 aromatic carbocycles. The first kappa shape index (κ1) is 60.0. The van der Waals surface area contributed by atoms with E-state index in [4.69, 9.17) is 18.5 Å². The van der Waals surface area contributed by atoms with Gasteiger partial charge < -0.3 is 18.9 Å². The topological polar surface area (TPSA) is 108 Å². The van der Waals surface area contributed by atoms with Gasteiger partial charge in [-0.2, -0.15) is 0 Å². The molecule has 0 aliphatic rings. The molecule has 9 nitrogen and oxygen atoms in total. The maximum Gasteiger partial charge on any atom is 0.472 e. The van der Waals surface area contributed by atoms with Gasteiger partial charge in [-0.3, -0.25) is 18.6 Å². The summed E-state index contributed by atoms with van der Waals surface area (Å²) in [5, 5.41) is 0. The van der Waals surface area contributed by atoms with E-state index in [0.717, 1.165) is 38.5 Å². The van der Waals surface area contributed by atoms with Crippen LogP contribution in [-0.2, 0) is 32.7 Å². The molecule has 0 aromatic heterocycles. The Labute approximate surface area is 378 Å². The third-order valence-corrected chi connectivity index (χ3v) is 12.9. The van der Waals surface area contributed by atoms with Gasteiger partial charge in [-0.1, -0.05) is 239 Å². The molecule has 0 amide bonds. The van der Waals surface area contributed by atoms with Crippen molar-refractivity contribution in [1.82, 2.24) is 0 Å². The van der Waals surface area contributed by atoms with Crippen LogP contribution in [-0.4, -0.2) is 74.9 Å². The SMILES string of the molecule is CCCCCCCCCCCCCCCCCCCCCC(=O)OCC(COP(=O)(O)OCC[N+](C)(C)C)OC(=O)CCCCCCCCCCCCCCCCCCCC. The second-order valence-corrected chi connectivity index (χ2v) is 20.7. The van der Waals surface area contributed by atoms with E-state index < -0.39 is 26.5 Å². The van der Waals surface area contributed by atoms with Crippen LogP contribution in [0.4, 0.5) is 0 Å². The number of phosphoric acid groups is 1.